The summed E-state index contributed by atoms with van der Waals surface area (Å²) in [7, 11) is 0. The third-order valence-corrected chi connectivity index (χ3v) is 7.81. The van der Waals surface area contributed by atoms with E-state index >= 15 is 0 Å². The van der Waals surface area contributed by atoms with E-state index < -0.39 is 4.92 Å². The van der Waals surface area contributed by atoms with Crippen molar-refractivity contribution < 1.29 is 19.2 Å². The Kier molecular flexibility index (Phi) is 10.2. The van der Waals surface area contributed by atoms with Crippen LogP contribution in [0.25, 0.3) is 12.2 Å². The van der Waals surface area contributed by atoms with Crippen molar-refractivity contribution in [1.82, 2.24) is 0 Å². The summed E-state index contributed by atoms with van der Waals surface area (Å²) >= 11 is 0. The standard InChI is InChI=1S/C32H40N2O5/c1-3-33(4-2)29-18-15-26(13-9-24-11-16-28(17-12-24)34(36)37)31(23-29)38-19-7-5-6-8-20-39-32(35)30-22-25-10-14-27(30)21-25/h9-18,23,25,27,30H,3-8,19-22H2,1-2H3/b13-9-. The number of unbranched alkanes of at least 4 members (excludes halogenated alkanes) is 3. The van der Waals surface area contributed by atoms with Crippen LogP contribution in [0.15, 0.2) is 54.6 Å². The van der Waals surface area contributed by atoms with E-state index in [-0.39, 0.29) is 17.6 Å². The summed E-state index contributed by atoms with van der Waals surface area (Å²) in [6, 6.07) is 12.8. The Labute approximate surface area is 231 Å². The van der Waals surface area contributed by atoms with Gasteiger partial charge in [-0.1, -0.05) is 24.3 Å². The molecule has 2 aromatic carbocycles. The molecule has 4 rings (SSSR count). The molecule has 208 valence electrons. The van der Waals surface area contributed by atoms with Gasteiger partial charge in [0.15, 0.2) is 0 Å². The number of carbonyl (C=O) groups excluding carboxylic acids is 1. The first kappa shape index (κ1) is 28.4. The topological polar surface area (TPSA) is 81.9 Å². The zero-order valence-corrected chi connectivity index (χ0v) is 23.1. The van der Waals surface area contributed by atoms with Crippen LogP contribution in [0.1, 0.15) is 63.5 Å². The molecule has 3 atom stereocenters. The van der Waals surface area contributed by atoms with Gasteiger partial charge < -0.3 is 14.4 Å². The van der Waals surface area contributed by atoms with Crippen molar-refractivity contribution in [3.05, 3.63) is 75.9 Å². The van der Waals surface area contributed by atoms with Crippen LogP contribution in [0.2, 0.25) is 0 Å². The number of ether oxygens (including phenoxy) is 2. The normalized spacial score (nSPS) is 19.5. The molecule has 2 bridgehead atoms. The van der Waals surface area contributed by atoms with Gasteiger partial charge in [-0.15, -0.1) is 0 Å². The minimum atomic E-state index is -0.394. The second-order valence-corrected chi connectivity index (χ2v) is 10.4. The first-order valence-corrected chi connectivity index (χ1v) is 14.3. The molecule has 7 nitrogen and oxygen atoms in total. The maximum Gasteiger partial charge on any atom is 0.309 e. The fourth-order valence-corrected chi connectivity index (χ4v) is 5.54. The predicted octanol–water partition coefficient (Wildman–Crippen LogP) is 7.31. The van der Waals surface area contributed by atoms with Crippen molar-refractivity contribution in [2.45, 2.75) is 52.4 Å². The molecular weight excluding hydrogens is 492 g/mol. The number of benzene rings is 2. The average molecular weight is 533 g/mol. The van der Waals surface area contributed by atoms with Gasteiger partial charge in [0.25, 0.3) is 5.69 Å². The fourth-order valence-electron chi connectivity index (χ4n) is 5.54. The number of non-ortho nitro benzene ring substituents is 1. The van der Waals surface area contributed by atoms with E-state index in [1.807, 2.05) is 12.2 Å². The van der Waals surface area contributed by atoms with Crippen molar-refractivity contribution in [2.24, 2.45) is 17.8 Å². The number of allylic oxidation sites excluding steroid dienone is 2. The number of nitrogens with zero attached hydrogens (tertiary/aromatic N) is 2. The molecule has 2 aromatic rings. The molecule has 0 aliphatic heterocycles. The summed E-state index contributed by atoms with van der Waals surface area (Å²) in [6.45, 7) is 7.21. The largest absolute Gasteiger partial charge is 0.493 e. The van der Waals surface area contributed by atoms with Gasteiger partial charge >= 0.3 is 5.97 Å². The number of carbonyl (C=O) groups is 1. The van der Waals surface area contributed by atoms with Crippen molar-refractivity contribution in [3.63, 3.8) is 0 Å². The number of nitro benzene ring substituents is 1. The minimum absolute atomic E-state index is 0.0161. The van der Waals surface area contributed by atoms with E-state index in [2.05, 4.69) is 49.1 Å². The number of rotatable bonds is 15. The summed E-state index contributed by atoms with van der Waals surface area (Å²) in [4.78, 5) is 25.2. The Hall–Kier alpha value is -3.61. The van der Waals surface area contributed by atoms with Crippen LogP contribution in [-0.2, 0) is 9.53 Å². The van der Waals surface area contributed by atoms with Crippen molar-refractivity contribution in [1.29, 1.82) is 0 Å². The smallest absolute Gasteiger partial charge is 0.309 e. The Morgan fingerprint density at radius 2 is 1.72 bits per heavy atom. The molecule has 39 heavy (non-hydrogen) atoms. The lowest BCUT2D eigenvalue weighted by Gasteiger charge is -2.22. The van der Waals surface area contributed by atoms with Gasteiger partial charge in [-0.3, -0.25) is 14.9 Å². The van der Waals surface area contributed by atoms with Crippen molar-refractivity contribution in [3.8, 4) is 5.75 Å². The van der Waals surface area contributed by atoms with Crippen LogP contribution in [0.3, 0.4) is 0 Å². The number of hydrogen-bond acceptors (Lipinski definition) is 6. The highest BCUT2D eigenvalue weighted by molar-refractivity contribution is 5.75. The molecule has 3 unspecified atom stereocenters. The quantitative estimate of drug-likeness (QED) is 0.0597. The SMILES string of the molecule is CCN(CC)c1ccc(/C=C\c2ccc([N+](=O)[O-])cc2)c(OCCCCCCOC(=O)C2CC3C=CC2C3)c1. The summed E-state index contributed by atoms with van der Waals surface area (Å²) in [5.41, 5.74) is 3.05. The molecule has 0 heterocycles. The molecular formula is C32H40N2O5. The molecule has 2 aliphatic carbocycles. The molecule has 0 aromatic heterocycles. The van der Waals surface area contributed by atoms with Gasteiger partial charge in [-0.05, 0) is 94.0 Å². The molecule has 2 aliphatic rings. The van der Waals surface area contributed by atoms with Crippen LogP contribution in [0.4, 0.5) is 11.4 Å². The highest BCUT2D eigenvalue weighted by Gasteiger charge is 2.40. The van der Waals surface area contributed by atoms with Crippen LogP contribution in [0.5, 0.6) is 5.75 Å². The Morgan fingerprint density at radius 1 is 0.974 bits per heavy atom. The van der Waals surface area contributed by atoms with Gasteiger partial charge in [-0.25, -0.2) is 0 Å². The maximum atomic E-state index is 12.4. The second kappa shape index (κ2) is 14.0. The Balaban J connectivity index is 1.25. The monoisotopic (exact) mass is 532 g/mol. The van der Waals surface area contributed by atoms with E-state index in [0.717, 1.165) is 74.2 Å². The molecule has 1 fully saturated rings. The van der Waals surface area contributed by atoms with E-state index in [9.17, 15) is 14.9 Å². The van der Waals surface area contributed by atoms with E-state index in [1.165, 1.54) is 12.1 Å². The van der Waals surface area contributed by atoms with Gasteiger partial charge in [0, 0.05) is 42.5 Å². The van der Waals surface area contributed by atoms with Gasteiger partial charge in [0.1, 0.15) is 5.75 Å². The number of hydrogen-bond donors (Lipinski definition) is 0. The average Bonchev–Trinajstić information content (AvgIpc) is 3.59. The lowest BCUT2D eigenvalue weighted by molar-refractivity contribution is -0.384. The predicted molar refractivity (Wildman–Crippen MR) is 156 cm³/mol. The van der Waals surface area contributed by atoms with Crippen molar-refractivity contribution in [2.75, 3.05) is 31.2 Å². The zero-order valence-electron chi connectivity index (χ0n) is 23.1. The molecule has 0 N–H and O–H groups in total. The fraction of sp³-hybridized carbons (Fsp3) is 0.469. The zero-order chi connectivity index (χ0) is 27.6. The highest BCUT2D eigenvalue weighted by Crippen LogP contribution is 2.43. The molecule has 0 spiro atoms. The van der Waals surface area contributed by atoms with Gasteiger partial charge in [0.2, 0.25) is 0 Å². The molecule has 0 radical (unpaired) electrons. The maximum absolute atomic E-state index is 12.4. The first-order chi connectivity index (χ1) is 19.0. The number of esters is 1. The molecule has 0 saturated heterocycles. The lowest BCUT2D eigenvalue weighted by Crippen LogP contribution is -2.22. The third kappa shape index (κ3) is 7.71. The number of nitro groups is 1. The highest BCUT2D eigenvalue weighted by atomic mass is 16.6. The van der Waals surface area contributed by atoms with Crippen LogP contribution >= 0.6 is 0 Å². The first-order valence-electron chi connectivity index (χ1n) is 14.3. The molecule has 0 amide bonds. The van der Waals surface area contributed by atoms with Crippen molar-refractivity contribution >= 4 is 29.5 Å². The lowest BCUT2D eigenvalue weighted by atomic mass is 9.94. The minimum Gasteiger partial charge on any atom is -0.493 e. The summed E-state index contributed by atoms with van der Waals surface area (Å²) in [5.74, 6) is 1.86. The summed E-state index contributed by atoms with van der Waals surface area (Å²) in [6.07, 6.45) is 14.3. The Bertz CT molecular complexity index is 1170. The Morgan fingerprint density at radius 3 is 2.36 bits per heavy atom. The molecule has 1 saturated carbocycles. The second-order valence-electron chi connectivity index (χ2n) is 10.4. The molecule has 7 heteroatoms. The summed E-state index contributed by atoms with van der Waals surface area (Å²) in [5, 5.41) is 10.9. The summed E-state index contributed by atoms with van der Waals surface area (Å²) < 4.78 is 11.8. The van der Waals surface area contributed by atoms with E-state index in [0.29, 0.717) is 25.0 Å². The van der Waals surface area contributed by atoms with Crippen LogP contribution in [0, 0.1) is 27.9 Å². The van der Waals surface area contributed by atoms with E-state index in [1.54, 1.807) is 12.1 Å². The number of fused-ring (bicyclic) bond motifs is 2. The van der Waals surface area contributed by atoms with Gasteiger partial charge in [-0.2, -0.15) is 0 Å². The van der Waals surface area contributed by atoms with Crippen LogP contribution in [-0.4, -0.2) is 37.2 Å². The van der Waals surface area contributed by atoms with Gasteiger partial charge in [0.05, 0.1) is 24.1 Å². The number of anilines is 1. The van der Waals surface area contributed by atoms with Crippen LogP contribution < -0.4 is 9.64 Å². The van der Waals surface area contributed by atoms with E-state index in [4.69, 9.17) is 9.47 Å². The third-order valence-electron chi connectivity index (χ3n) is 7.81.